The van der Waals surface area contributed by atoms with Gasteiger partial charge in [-0.3, -0.25) is 9.59 Å². The molecule has 5 heteroatoms. The molecule has 0 aromatic carbocycles. The smallest absolute Gasteiger partial charge is 0.235 e. The Morgan fingerprint density at radius 1 is 1.36 bits per heavy atom. The lowest BCUT2D eigenvalue weighted by Gasteiger charge is -2.36. The van der Waals surface area contributed by atoms with Crippen molar-refractivity contribution in [3.8, 4) is 0 Å². The molecule has 2 unspecified atom stereocenters. The molecule has 14 heavy (non-hydrogen) atoms. The average Bonchev–Trinajstić information content (AvgIpc) is 2.61. The number of hydrogen-bond acceptors (Lipinski definition) is 3. The quantitative estimate of drug-likeness (QED) is 0.499. The SMILES string of the molecule is NC(=O)C1(C(=O)NC2CC2N)CCC1. The van der Waals surface area contributed by atoms with Gasteiger partial charge in [-0.05, 0) is 19.3 Å². The van der Waals surface area contributed by atoms with Gasteiger partial charge < -0.3 is 16.8 Å². The van der Waals surface area contributed by atoms with Crippen LogP contribution in [0.25, 0.3) is 0 Å². The fraction of sp³-hybridized carbons (Fsp3) is 0.778. The second kappa shape index (κ2) is 2.95. The zero-order valence-electron chi connectivity index (χ0n) is 7.95. The third kappa shape index (κ3) is 1.28. The summed E-state index contributed by atoms with van der Waals surface area (Å²) >= 11 is 0. The molecular weight excluding hydrogens is 182 g/mol. The van der Waals surface area contributed by atoms with E-state index in [2.05, 4.69) is 5.32 Å². The van der Waals surface area contributed by atoms with Crippen LogP contribution in [0.15, 0.2) is 0 Å². The van der Waals surface area contributed by atoms with Crippen LogP contribution in [0.4, 0.5) is 0 Å². The number of primary amides is 1. The van der Waals surface area contributed by atoms with Gasteiger partial charge in [0.2, 0.25) is 11.8 Å². The second-order valence-corrected chi connectivity index (χ2v) is 4.28. The van der Waals surface area contributed by atoms with Gasteiger partial charge in [0.05, 0.1) is 0 Å². The molecule has 2 amide bonds. The van der Waals surface area contributed by atoms with Crippen LogP contribution >= 0.6 is 0 Å². The first kappa shape index (κ1) is 9.45. The maximum atomic E-state index is 11.7. The van der Waals surface area contributed by atoms with E-state index in [-0.39, 0.29) is 18.0 Å². The largest absolute Gasteiger partial charge is 0.369 e. The van der Waals surface area contributed by atoms with E-state index in [1.54, 1.807) is 0 Å². The molecule has 2 atom stereocenters. The number of nitrogens with one attached hydrogen (secondary N) is 1. The van der Waals surface area contributed by atoms with Crippen LogP contribution < -0.4 is 16.8 Å². The fourth-order valence-electron chi connectivity index (χ4n) is 1.80. The minimum absolute atomic E-state index is 0.0549. The van der Waals surface area contributed by atoms with Crippen LogP contribution in [-0.2, 0) is 9.59 Å². The molecule has 2 fully saturated rings. The van der Waals surface area contributed by atoms with Crippen LogP contribution in [0.1, 0.15) is 25.7 Å². The molecule has 2 aliphatic carbocycles. The number of rotatable bonds is 3. The molecule has 2 rings (SSSR count). The van der Waals surface area contributed by atoms with Crippen LogP contribution in [0.2, 0.25) is 0 Å². The van der Waals surface area contributed by atoms with Crippen molar-refractivity contribution in [1.82, 2.24) is 5.32 Å². The zero-order valence-corrected chi connectivity index (χ0v) is 7.95. The van der Waals surface area contributed by atoms with Crippen molar-refractivity contribution < 1.29 is 9.59 Å². The van der Waals surface area contributed by atoms with Crippen LogP contribution in [0.5, 0.6) is 0 Å². The summed E-state index contributed by atoms with van der Waals surface area (Å²) in [5.74, 6) is -0.732. The van der Waals surface area contributed by atoms with Gasteiger partial charge in [-0.15, -0.1) is 0 Å². The fourth-order valence-corrected chi connectivity index (χ4v) is 1.80. The molecule has 0 aromatic rings. The Labute approximate surface area is 82.2 Å². The van der Waals surface area contributed by atoms with Crippen molar-refractivity contribution in [2.75, 3.05) is 0 Å². The summed E-state index contributed by atoms with van der Waals surface area (Å²) in [5, 5.41) is 2.76. The third-order valence-electron chi connectivity index (χ3n) is 3.27. The molecule has 5 nitrogen and oxygen atoms in total. The van der Waals surface area contributed by atoms with Crippen molar-refractivity contribution in [2.45, 2.75) is 37.8 Å². The Kier molecular flexibility index (Phi) is 1.99. The first-order chi connectivity index (χ1) is 6.56. The molecule has 5 N–H and O–H groups in total. The van der Waals surface area contributed by atoms with Crippen molar-refractivity contribution in [3.63, 3.8) is 0 Å². The Bertz CT molecular complexity index is 286. The zero-order chi connectivity index (χ0) is 10.3. The molecule has 2 saturated carbocycles. The minimum Gasteiger partial charge on any atom is -0.369 e. The van der Waals surface area contributed by atoms with E-state index in [0.29, 0.717) is 12.8 Å². The summed E-state index contributed by atoms with van der Waals surface area (Å²) in [7, 11) is 0. The Balaban J connectivity index is 1.98. The maximum Gasteiger partial charge on any atom is 0.235 e. The van der Waals surface area contributed by atoms with Crippen molar-refractivity contribution in [2.24, 2.45) is 16.9 Å². The number of carbonyl (C=O) groups excluding carboxylic acids is 2. The molecule has 0 bridgehead atoms. The summed E-state index contributed by atoms with van der Waals surface area (Å²) in [6.07, 6.45) is 2.86. The van der Waals surface area contributed by atoms with Gasteiger partial charge in [0.25, 0.3) is 0 Å². The number of nitrogens with two attached hydrogens (primary N) is 2. The molecule has 0 radical (unpaired) electrons. The number of carbonyl (C=O) groups is 2. The highest BCUT2D eigenvalue weighted by Crippen LogP contribution is 2.41. The topological polar surface area (TPSA) is 98.2 Å². The Morgan fingerprint density at radius 2 is 1.93 bits per heavy atom. The molecule has 2 aliphatic rings. The van der Waals surface area contributed by atoms with Crippen molar-refractivity contribution in [1.29, 1.82) is 0 Å². The normalized spacial score (nSPS) is 32.9. The van der Waals surface area contributed by atoms with E-state index < -0.39 is 11.3 Å². The molecule has 0 saturated heterocycles. The predicted octanol–water partition coefficient (Wildman–Crippen LogP) is -1.14. The van der Waals surface area contributed by atoms with Gasteiger partial charge in [0.15, 0.2) is 0 Å². The lowest BCUT2D eigenvalue weighted by molar-refractivity contribution is -0.147. The molecule has 0 aliphatic heterocycles. The van der Waals surface area contributed by atoms with Gasteiger partial charge >= 0.3 is 0 Å². The summed E-state index contributed by atoms with van der Waals surface area (Å²) in [6, 6.07) is 0.114. The van der Waals surface area contributed by atoms with Crippen LogP contribution in [0, 0.1) is 5.41 Å². The Morgan fingerprint density at radius 3 is 2.21 bits per heavy atom. The minimum atomic E-state index is -0.928. The molecule has 0 aromatic heterocycles. The maximum absolute atomic E-state index is 11.7. The van der Waals surface area contributed by atoms with Gasteiger partial charge in [-0.25, -0.2) is 0 Å². The number of hydrogen-bond donors (Lipinski definition) is 3. The highest BCUT2D eigenvalue weighted by molar-refractivity contribution is 6.05. The summed E-state index contributed by atoms with van der Waals surface area (Å²) in [4.78, 5) is 22.9. The summed E-state index contributed by atoms with van der Waals surface area (Å²) in [6.45, 7) is 0. The van der Waals surface area contributed by atoms with Gasteiger partial charge in [0.1, 0.15) is 5.41 Å². The average molecular weight is 197 g/mol. The van der Waals surface area contributed by atoms with Gasteiger partial charge in [0, 0.05) is 12.1 Å². The first-order valence-corrected chi connectivity index (χ1v) is 4.93. The summed E-state index contributed by atoms with van der Waals surface area (Å²) < 4.78 is 0. The van der Waals surface area contributed by atoms with Gasteiger partial charge in [-0.1, -0.05) is 6.42 Å². The first-order valence-electron chi connectivity index (χ1n) is 4.93. The van der Waals surface area contributed by atoms with Crippen molar-refractivity contribution >= 4 is 11.8 Å². The molecule has 0 heterocycles. The lowest BCUT2D eigenvalue weighted by Crippen LogP contribution is -2.54. The van der Waals surface area contributed by atoms with E-state index in [0.717, 1.165) is 12.8 Å². The van der Waals surface area contributed by atoms with E-state index in [4.69, 9.17) is 11.5 Å². The van der Waals surface area contributed by atoms with Crippen LogP contribution in [-0.4, -0.2) is 23.9 Å². The van der Waals surface area contributed by atoms with E-state index >= 15 is 0 Å². The molecule has 78 valence electrons. The predicted molar refractivity (Wildman–Crippen MR) is 50.0 cm³/mol. The standard InChI is InChI=1S/C9H15N3O2/c10-5-4-6(5)12-8(14)9(7(11)13)2-1-3-9/h5-6H,1-4,10H2,(H2,11,13)(H,12,14). The van der Waals surface area contributed by atoms with Crippen LogP contribution in [0.3, 0.4) is 0 Å². The molecule has 0 spiro atoms. The lowest BCUT2D eigenvalue weighted by atomic mass is 9.67. The van der Waals surface area contributed by atoms with E-state index in [1.165, 1.54) is 0 Å². The monoisotopic (exact) mass is 197 g/mol. The summed E-state index contributed by atoms with van der Waals surface area (Å²) in [5.41, 5.74) is 9.87. The number of amides is 2. The van der Waals surface area contributed by atoms with E-state index in [1.807, 2.05) is 0 Å². The highest BCUT2D eigenvalue weighted by atomic mass is 16.2. The van der Waals surface area contributed by atoms with E-state index in [9.17, 15) is 9.59 Å². The molecular formula is C9H15N3O2. The highest BCUT2D eigenvalue weighted by Gasteiger charge is 2.51. The van der Waals surface area contributed by atoms with Crippen molar-refractivity contribution in [3.05, 3.63) is 0 Å². The Hall–Kier alpha value is -1.10. The third-order valence-corrected chi connectivity index (χ3v) is 3.27. The second-order valence-electron chi connectivity index (χ2n) is 4.28. The van der Waals surface area contributed by atoms with Gasteiger partial charge in [-0.2, -0.15) is 0 Å².